The van der Waals surface area contributed by atoms with Gasteiger partial charge in [-0.15, -0.1) is 0 Å². The summed E-state index contributed by atoms with van der Waals surface area (Å²) in [5.74, 6) is -0.0646. The molecule has 1 amide bonds. The van der Waals surface area contributed by atoms with Crippen LogP contribution in [0.5, 0.6) is 0 Å². The van der Waals surface area contributed by atoms with Crippen molar-refractivity contribution >= 4 is 16.8 Å². The Kier molecular flexibility index (Phi) is 4.69. The quantitative estimate of drug-likeness (QED) is 0.775. The molecular formula is C18H23N3O3. The van der Waals surface area contributed by atoms with E-state index >= 15 is 0 Å². The monoisotopic (exact) mass is 329 g/mol. The smallest absolute Gasteiger partial charge is 0.237 e. The molecule has 0 unspecified atom stereocenters. The van der Waals surface area contributed by atoms with Gasteiger partial charge >= 0.3 is 0 Å². The summed E-state index contributed by atoms with van der Waals surface area (Å²) in [6.45, 7) is 5.68. The first-order valence-electron chi connectivity index (χ1n) is 8.25. The molecule has 1 aromatic carbocycles. The van der Waals surface area contributed by atoms with Crippen LogP contribution in [0.15, 0.2) is 23.0 Å². The maximum absolute atomic E-state index is 12.5. The third kappa shape index (κ3) is 3.20. The topological polar surface area (TPSA) is 85.4 Å². The molecule has 1 aliphatic heterocycles. The zero-order chi connectivity index (χ0) is 17.3. The first-order valence-corrected chi connectivity index (χ1v) is 8.25. The summed E-state index contributed by atoms with van der Waals surface area (Å²) < 4.78 is 0. The normalized spacial score (nSPS) is 18.8. The number of hydrogen-bond acceptors (Lipinski definition) is 4. The molecular weight excluding hydrogens is 306 g/mol. The number of H-pyrrole nitrogens is 1. The minimum atomic E-state index is -0.359. The van der Waals surface area contributed by atoms with Gasteiger partial charge in [-0.2, -0.15) is 0 Å². The lowest BCUT2D eigenvalue weighted by Crippen LogP contribution is -2.55. The van der Waals surface area contributed by atoms with E-state index in [2.05, 4.69) is 10.3 Å². The van der Waals surface area contributed by atoms with Crippen molar-refractivity contribution in [2.24, 2.45) is 0 Å². The van der Waals surface area contributed by atoms with Crippen LogP contribution in [-0.2, 0) is 11.3 Å². The standard InChI is InChI=1S/C18H23N3O3/c1-11-7-12(2)17-14(8-11)16(23)9-13(20-17)10-21-5-4-19-18(24)15(21)3-6-22/h7-9,15,22H,3-6,10H2,1-2H3,(H,19,24)(H,20,23)/t15-/m1/s1. The maximum Gasteiger partial charge on any atom is 0.237 e. The Morgan fingerprint density at radius 2 is 2.04 bits per heavy atom. The molecule has 24 heavy (non-hydrogen) atoms. The molecule has 1 aliphatic rings. The van der Waals surface area contributed by atoms with E-state index < -0.39 is 0 Å². The number of aryl methyl sites for hydroxylation is 2. The van der Waals surface area contributed by atoms with E-state index in [1.165, 1.54) is 0 Å². The van der Waals surface area contributed by atoms with E-state index in [0.29, 0.717) is 31.4 Å². The summed E-state index contributed by atoms with van der Waals surface area (Å²) in [6, 6.07) is 5.20. The van der Waals surface area contributed by atoms with Crippen LogP contribution in [0.2, 0.25) is 0 Å². The number of aromatic amines is 1. The molecule has 1 aromatic heterocycles. The molecule has 3 N–H and O–H groups in total. The summed E-state index contributed by atoms with van der Waals surface area (Å²) in [5, 5.41) is 12.7. The van der Waals surface area contributed by atoms with E-state index in [0.717, 1.165) is 22.3 Å². The van der Waals surface area contributed by atoms with Gasteiger partial charge in [-0.05, 0) is 37.5 Å². The minimum Gasteiger partial charge on any atom is -0.396 e. The molecule has 0 radical (unpaired) electrons. The molecule has 6 nitrogen and oxygen atoms in total. The van der Waals surface area contributed by atoms with Gasteiger partial charge in [0.1, 0.15) is 0 Å². The fourth-order valence-electron chi connectivity index (χ4n) is 3.45. The Morgan fingerprint density at radius 3 is 2.79 bits per heavy atom. The summed E-state index contributed by atoms with van der Waals surface area (Å²) >= 11 is 0. The third-order valence-corrected chi connectivity index (χ3v) is 4.55. The largest absolute Gasteiger partial charge is 0.396 e. The van der Waals surface area contributed by atoms with E-state index in [9.17, 15) is 14.7 Å². The average molecular weight is 329 g/mol. The number of aliphatic hydroxyl groups is 1. The molecule has 6 heteroatoms. The summed E-state index contributed by atoms with van der Waals surface area (Å²) in [4.78, 5) is 29.8. The Bertz CT molecular complexity index is 828. The Hall–Kier alpha value is -2.18. The second kappa shape index (κ2) is 6.75. The number of fused-ring (bicyclic) bond motifs is 1. The predicted molar refractivity (Wildman–Crippen MR) is 93.0 cm³/mol. The molecule has 128 valence electrons. The van der Waals surface area contributed by atoms with Crippen LogP contribution < -0.4 is 10.7 Å². The fraction of sp³-hybridized carbons (Fsp3) is 0.444. The van der Waals surface area contributed by atoms with Crippen molar-refractivity contribution in [2.45, 2.75) is 32.9 Å². The van der Waals surface area contributed by atoms with E-state index in [1.54, 1.807) is 6.07 Å². The van der Waals surface area contributed by atoms with Gasteiger partial charge in [0.25, 0.3) is 0 Å². The Morgan fingerprint density at radius 1 is 1.25 bits per heavy atom. The summed E-state index contributed by atoms with van der Waals surface area (Å²) in [7, 11) is 0. The maximum atomic E-state index is 12.5. The highest BCUT2D eigenvalue weighted by atomic mass is 16.3. The number of aliphatic hydroxyl groups excluding tert-OH is 1. The van der Waals surface area contributed by atoms with Gasteiger partial charge in [0.2, 0.25) is 5.91 Å². The van der Waals surface area contributed by atoms with E-state index in [1.807, 2.05) is 30.9 Å². The molecule has 0 spiro atoms. The predicted octanol–water partition coefficient (Wildman–Crippen LogP) is 0.828. The number of nitrogens with zero attached hydrogens (tertiary/aromatic N) is 1. The van der Waals surface area contributed by atoms with Gasteiger partial charge in [0.15, 0.2) is 5.43 Å². The first kappa shape index (κ1) is 16.7. The van der Waals surface area contributed by atoms with Gasteiger partial charge in [-0.3, -0.25) is 14.5 Å². The van der Waals surface area contributed by atoms with Gasteiger partial charge in [0.05, 0.1) is 11.6 Å². The highest BCUT2D eigenvalue weighted by Gasteiger charge is 2.29. The van der Waals surface area contributed by atoms with Crippen LogP contribution in [0, 0.1) is 13.8 Å². The third-order valence-electron chi connectivity index (χ3n) is 4.55. The molecule has 2 heterocycles. The number of rotatable bonds is 4. The van der Waals surface area contributed by atoms with Crippen molar-refractivity contribution in [3.05, 3.63) is 45.2 Å². The molecule has 1 saturated heterocycles. The lowest BCUT2D eigenvalue weighted by Gasteiger charge is -2.34. The molecule has 0 aliphatic carbocycles. The zero-order valence-corrected chi connectivity index (χ0v) is 14.1. The number of benzene rings is 1. The lowest BCUT2D eigenvalue weighted by molar-refractivity contribution is -0.130. The average Bonchev–Trinajstić information content (AvgIpc) is 2.52. The highest BCUT2D eigenvalue weighted by Crippen LogP contribution is 2.18. The number of piperazine rings is 1. The van der Waals surface area contributed by atoms with Gasteiger partial charge in [-0.1, -0.05) is 6.07 Å². The number of aromatic nitrogens is 1. The Balaban J connectivity index is 1.95. The zero-order valence-electron chi connectivity index (χ0n) is 14.1. The summed E-state index contributed by atoms with van der Waals surface area (Å²) in [5.41, 5.74) is 3.73. The van der Waals surface area contributed by atoms with Crippen molar-refractivity contribution in [3.63, 3.8) is 0 Å². The van der Waals surface area contributed by atoms with Crippen LogP contribution in [0.3, 0.4) is 0 Å². The van der Waals surface area contributed by atoms with E-state index in [-0.39, 0.29) is 24.0 Å². The molecule has 0 bridgehead atoms. The van der Waals surface area contributed by atoms with E-state index in [4.69, 9.17) is 0 Å². The van der Waals surface area contributed by atoms with Crippen molar-refractivity contribution in [3.8, 4) is 0 Å². The van der Waals surface area contributed by atoms with Crippen molar-refractivity contribution in [1.82, 2.24) is 15.2 Å². The number of amides is 1. The number of hydrogen-bond donors (Lipinski definition) is 3. The van der Waals surface area contributed by atoms with Crippen LogP contribution in [-0.4, -0.2) is 46.6 Å². The van der Waals surface area contributed by atoms with Gasteiger partial charge < -0.3 is 15.4 Å². The van der Waals surface area contributed by atoms with Crippen molar-refractivity contribution in [2.75, 3.05) is 19.7 Å². The van der Waals surface area contributed by atoms with Crippen LogP contribution in [0.4, 0.5) is 0 Å². The van der Waals surface area contributed by atoms with Crippen LogP contribution in [0.1, 0.15) is 23.2 Å². The highest BCUT2D eigenvalue weighted by molar-refractivity contribution is 5.83. The van der Waals surface area contributed by atoms with Gasteiger partial charge in [-0.25, -0.2) is 0 Å². The number of carbonyl (C=O) groups is 1. The van der Waals surface area contributed by atoms with Crippen molar-refractivity contribution in [1.29, 1.82) is 0 Å². The second-order valence-corrected chi connectivity index (χ2v) is 6.45. The number of pyridine rings is 1. The van der Waals surface area contributed by atoms with Crippen LogP contribution >= 0.6 is 0 Å². The minimum absolute atomic E-state index is 0.00859. The number of nitrogens with one attached hydrogen (secondary N) is 2. The van der Waals surface area contributed by atoms with Gasteiger partial charge in [0, 0.05) is 43.4 Å². The lowest BCUT2D eigenvalue weighted by atomic mass is 10.1. The second-order valence-electron chi connectivity index (χ2n) is 6.45. The number of carbonyl (C=O) groups excluding carboxylic acids is 1. The van der Waals surface area contributed by atoms with Crippen molar-refractivity contribution < 1.29 is 9.90 Å². The molecule has 3 rings (SSSR count). The molecule has 0 saturated carbocycles. The molecule has 2 aromatic rings. The van der Waals surface area contributed by atoms with Crippen LogP contribution in [0.25, 0.3) is 10.9 Å². The summed E-state index contributed by atoms with van der Waals surface area (Å²) in [6.07, 6.45) is 0.391. The molecule has 1 fully saturated rings. The SMILES string of the molecule is Cc1cc(C)c2[nH]c(CN3CCNC(=O)[C@H]3CCO)cc(=O)c2c1. The Labute approximate surface area is 140 Å². The molecule has 1 atom stereocenters. The first-order chi connectivity index (χ1) is 11.5. The fourth-order valence-corrected chi connectivity index (χ4v) is 3.45.